The Balaban J connectivity index is 1.72. The first-order valence-electron chi connectivity index (χ1n) is 9.56. The molecule has 0 amide bonds. The predicted molar refractivity (Wildman–Crippen MR) is 111 cm³/mol. The van der Waals surface area contributed by atoms with Gasteiger partial charge in [0.1, 0.15) is 15.9 Å². The van der Waals surface area contributed by atoms with E-state index >= 15 is 0 Å². The van der Waals surface area contributed by atoms with Crippen LogP contribution in [0.3, 0.4) is 0 Å². The first-order chi connectivity index (χ1) is 13.3. The third-order valence-corrected chi connectivity index (χ3v) is 7.97. The maximum atomic E-state index is 12.8. The summed E-state index contributed by atoms with van der Waals surface area (Å²) in [7, 11) is -3.44. The summed E-state index contributed by atoms with van der Waals surface area (Å²) in [5.41, 5.74) is 1.00. The Bertz CT molecular complexity index is 877. The van der Waals surface area contributed by atoms with E-state index in [1.165, 1.54) is 15.6 Å². The van der Waals surface area contributed by atoms with Crippen molar-refractivity contribution in [2.45, 2.75) is 50.3 Å². The highest BCUT2D eigenvalue weighted by molar-refractivity contribution is 7.91. The minimum Gasteiger partial charge on any atom is -0.379 e. The van der Waals surface area contributed by atoms with Crippen molar-refractivity contribution in [3.8, 4) is 0 Å². The van der Waals surface area contributed by atoms with Gasteiger partial charge in [-0.2, -0.15) is 4.31 Å². The lowest BCUT2D eigenvalue weighted by Crippen LogP contribution is -2.40. The molecule has 0 aliphatic carbocycles. The Labute approximate surface area is 171 Å². The van der Waals surface area contributed by atoms with Crippen LogP contribution >= 0.6 is 11.3 Å². The molecule has 1 fully saturated rings. The lowest BCUT2D eigenvalue weighted by Gasteiger charge is -2.25. The van der Waals surface area contributed by atoms with Crippen LogP contribution in [0.5, 0.6) is 0 Å². The highest BCUT2D eigenvalue weighted by Gasteiger charge is 2.27. The van der Waals surface area contributed by atoms with Gasteiger partial charge in [-0.15, -0.1) is 11.3 Å². The van der Waals surface area contributed by atoms with Crippen molar-refractivity contribution in [3.05, 3.63) is 34.6 Å². The third kappa shape index (κ3) is 4.89. The predicted octanol–water partition coefficient (Wildman–Crippen LogP) is 3.42. The minimum absolute atomic E-state index is 0.242. The second kappa shape index (κ2) is 8.86. The Morgan fingerprint density at radius 3 is 2.50 bits per heavy atom. The van der Waals surface area contributed by atoms with Crippen LogP contribution in [-0.2, 0) is 21.3 Å². The zero-order valence-corrected chi connectivity index (χ0v) is 18.4. The van der Waals surface area contributed by atoms with E-state index in [4.69, 9.17) is 4.74 Å². The first kappa shape index (κ1) is 21.2. The molecule has 0 bridgehead atoms. The van der Waals surface area contributed by atoms with Crippen LogP contribution in [0, 0.1) is 0 Å². The number of hydrogen-bond donors (Lipinski definition) is 1. The smallest absolute Gasteiger partial charge is 0.252 e. The molecule has 0 atom stereocenters. The molecule has 28 heavy (non-hydrogen) atoms. The molecule has 1 N–H and O–H groups in total. The summed E-state index contributed by atoms with van der Waals surface area (Å²) in [5.74, 6) is 2.14. The Kier molecular flexibility index (Phi) is 6.69. The average molecular weight is 425 g/mol. The first-order valence-corrected chi connectivity index (χ1v) is 11.8. The van der Waals surface area contributed by atoms with Gasteiger partial charge < -0.3 is 10.1 Å². The molecular weight excluding hydrogens is 396 g/mol. The summed E-state index contributed by atoms with van der Waals surface area (Å²) in [4.78, 5) is 10.2. The fourth-order valence-corrected chi connectivity index (χ4v) is 5.67. The van der Waals surface area contributed by atoms with Crippen molar-refractivity contribution in [3.63, 3.8) is 0 Å². The maximum Gasteiger partial charge on any atom is 0.252 e. The van der Waals surface area contributed by atoms with Crippen LogP contribution in [0.25, 0.3) is 0 Å². The highest BCUT2D eigenvalue weighted by Crippen LogP contribution is 2.26. The fraction of sp³-hybridized carbons (Fsp3) is 0.579. The van der Waals surface area contributed by atoms with Gasteiger partial charge in [0.05, 0.1) is 19.8 Å². The molecule has 0 spiro atoms. The summed E-state index contributed by atoms with van der Waals surface area (Å²) in [5, 5.41) is 3.33. The number of thiophene rings is 1. The molecule has 9 heteroatoms. The molecule has 0 unspecified atom stereocenters. The van der Waals surface area contributed by atoms with E-state index in [2.05, 4.69) is 43.0 Å². The Morgan fingerprint density at radius 1 is 1.14 bits per heavy atom. The van der Waals surface area contributed by atoms with Gasteiger partial charge in [-0.3, -0.25) is 0 Å². The second-order valence-electron chi connectivity index (χ2n) is 7.44. The number of ether oxygens (including phenoxy) is 1. The number of anilines is 1. The monoisotopic (exact) mass is 424 g/mol. The number of rotatable bonds is 7. The summed E-state index contributed by atoms with van der Waals surface area (Å²) in [6.45, 7) is 10.6. The standard InChI is InChI=1S/C19H28N4O3S2/c1-13(2)16-11-17(22-19(21-16)14(3)4)20-12-15-5-6-18(27-15)28(24,25)23-7-9-26-10-8-23/h5-6,11,13-14H,7-10,12H2,1-4H3,(H,20,21,22). The number of morpholine rings is 1. The molecular formula is C19H28N4O3S2. The van der Waals surface area contributed by atoms with Crippen LogP contribution in [0.2, 0.25) is 0 Å². The molecule has 3 heterocycles. The molecule has 0 aromatic carbocycles. The maximum absolute atomic E-state index is 12.8. The zero-order valence-electron chi connectivity index (χ0n) is 16.8. The Morgan fingerprint density at radius 2 is 1.86 bits per heavy atom. The van der Waals surface area contributed by atoms with E-state index in [1.807, 2.05) is 12.1 Å². The van der Waals surface area contributed by atoms with Crippen LogP contribution in [0.15, 0.2) is 22.4 Å². The van der Waals surface area contributed by atoms with Gasteiger partial charge in [0.2, 0.25) is 0 Å². The van der Waals surface area contributed by atoms with Gasteiger partial charge in [-0.25, -0.2) is 18.4 Å². The molecule has 2 aromatic rings. The molecule has 0 saturated carbocycles. The summed E-state index contributed by atoms with van der Waals surface area (Å²) in [6, 6.07) is 5.51. The van der Waals surface area contributed by atoms with Gasteiger partial charge >= 0.3 is 0 Å². The van der Waals surface area contributed by atoms with Crippen molar-refractivity contribution in [2.24, 2.45) is 0 Å². The van der Waals surface area contributed by atoms with Gasteiger partial charge in [-0.05, 0) is 18.1 Å². The number of sulfonamides is 1. The van der Waals surface area contributed by atoms with E-state index in [0.29, 0.717) is 43.0 Å². The summed E-state index contributed by atoms with van der Waals surface area (Å²) in [6.07, 6.45) is 0. The third-order valence-electron chi connectivity index (χ3n) is 4.52. The largest absolute Gasteiger partial charge is 0.379 e. The molecule has 7 nitrogen and oxygen atoms in total. The molecule has 154 valence electrons. The lowest BCUT2D eigenvalue weighted by molar-refractivity contribution is 0.0731. The molecule has 0 radical (unpaired) electrons. The van der Waals surface area contributed by atoms with Crippen molar-refractivity contribution in [1.82, 2.24) is 14.3 Å². The topological polar surface area (TPSA) is 84.4 Å². The number of nitrogens with zero attached hydrogens (tertiary/aromatic N) is 3. The molecule has 2 aromatic heterocycles. The van der Waals surface area contributed by atoms with Crippen molar-refractivity contribution in [1.29, 1.82) is 0 Å². The SMILES string of the molecule is CC(C)c1cc(NCc2ccc(S(=O)(=O)N3CCOCC3)s2)nc(C(C)C)n1. The van der Waals surface area contributed by atoms with E-state index in [-0.39, 0.29) is 5.92 Å². The average Bonchev–Trinajstić information content (AvgIpc) is 3.16. The van der Waals surface area contributed by atoms with Crippen LogP contribution in [-0.4, -0.2) is 49.0 Å². The normalized spacial score (nSPS) is 16.1. The minimum atomic E-state index is -3.44. The molecule has 1 aliphatic heterocycles. The van der Waals surface area contributed by atoms with Crippen LogP contribution in [0.4, 0.5) is 5.82 Å². The van der Waals surface area contributed by atoms with Crippen molar-refractivity contribution >= 4 is 27.2 Å². The zero-order chi connectivity index (χ0) is 20.3. The molecule has 1 saturated heterocycles. The summed E-state index contributed by atoms with van der Waals surface area (Å²) < 4.78 is 32.6. The summed E-state index contributed by atoms with van der Waals surface area (Å²) >= 11 is 1.30. The van der Waals surface area contributed by atoms with Gasteiger partial charge in [-0.1, -0.05) is 27.7 Å². The number of nitrogens with one attached hydrogen (secondary N) is 1. The van der Waals surface area contributed by atoms with Crippen molar-refractivity contribution < 1.29 is 13.2 Å². The quantitative estimate of drug-likeness (QED) is 0.733. The second-order valence-corrected chi connectivity index (χ2v) is 10.8. The van der Waals surface area contributed by atoms with Gasteiger partial charge in [0.25, 0.3) is 10.0 Å². The van der Waals surface area contributed by atoms with E-state index < -0.39 is 10.0 Å². The Hall–Kier alpha value is -1.55. The molecule has 3 rings (SSSR count). The van der Waals surface area contributed by atoms with Crippen LogP contribution in [0.1, 0.15) is 55.9 Å². The number of aromatic nitrogens is 2. The van der Waals surface area contributed by atoms with Crippen molar-refractivity contribution in [2.75, 3.05) is 31.6 Å². The van der Waals surface area contributed by atoms with Crippen LogP contribution < -0.4 is 5.32 Å². The van der Waals surface area contributed by atoms with E-state index in [1.54, 1.807) is 6.07 Å². The highest BCUT2D eigenvalue weighted by atomic mass is 32.2. The van der Waals surface area contributed by atoms with E-state index in [9.17, 15) is 8.42 Å². The fourth-order valence-electron chi connectivity index (χ4n) is 2.81. The molecule has 1 aliphatic rings. The van der Waals surface area contributed by atoms with Gasteiger partial charge in [0.15, 0.2) is 0 Å². The number of hydrogen-bond acceptors (Lipinski definition) is 7. The van der Waals surface area contributed by atoms with Gasteiger partial charge in [0, 0.05) is 35.6 Å². The lowest BCUT2D eigenvalue weighted by atomic mass is 10.1. The van der Waals surface area contributed by atoms with E-state index in [0.717, 1.165) is 22.2 Å².